The summed E-state index contributed by atoms with van der Waals surface area (Å²) in [4.78, 5) is 0. The lowest BCUT2D eigenvalue weighted by molar-refractivity contribution is 0.584. The normalized spacial score (nSPS) is 11.2. The zero-order valence-corrected chi connectivity index (χ0v) is 13.6. The number of para-hydroxylation sites is 2. The Hall–Kier alpha value is -3.47. The minimum Gasteiger partial charge on any atom is -0.244 e. The summed E-state index contributed by atoms with van der Waals surface area (Å²) >= 11 is 0. The Labute approximate surface area is 145 Å². The molecule has 0 N–H and O–H groups in total. The van der Waals surface area contributed by atoms with Gasteiger partial charge in [0.2, 0.25) is 0 Å². The van der Waals surface area contributed by atoms with Gasteiger partial charge in [-0.15, -0.1) is 5.10 Å². The van der Waals surface area contributed by atoms with Crippen molar-refractivity contribution in [1.82, 2.24) is 15.0 Å². The first-order valence-electron chi connectivity index (χ1n) is 8.10. The Morgan fingerprint density at radius 3 is 2.32 bits per heavy atom. The second kappa shape index (κ2) is 6.97. The predicted molar refractivity (Wildman–Crippen MR) is 100 cm³/mol. The summed E-state index contributed by atoms with van der Waals surface area (Å²) in [6.07, 6.45) is 1.85. The summed E-state index contributed by atoms with van der Waals surface area (Å²) in [6, 6.07) is 28.0. The molecule has 0 atom stereocenters. The smallest absolute Gasteiger partial charge is 0.136 e. The molecule has 5 nitrogen and oxygen atoms in total. The number of benzene rings is 3. The Morgan fingerprint density at radius 2 is 1.52 bits per heavy atom. The van der Waals surface area contributed by atoms with E-state index >= 15 is 0 Å². The van der Waals surface area contributed by atoms with Crippen molar-refractivity contribution in [2.75, 3.05) is 5.01 Å². The van der Waals surface area contributed by atoms with Crippen molar-refractivity contribution >= 4 is 22.9 Å². The molecule has 4 rings (SSSR count). The lowest BCUT2D eigenvalue weighted by Gasteiger charge is -2.19. The van der Waals surface area contributed by atoms with E-state index in [2.05, 4.69) is 15.4 Å². The van der Waals surface area contributed by atoms with Crippen LogP contribution in [-0.2, 0) is 6.67 Å². The Bertz CT molecular complexity index is 977. The van der Waals surface area contributed by atoms with Crippen LogP contribution in [0.1, 0.15) is 5.56 Å². The van der Waals surface area contributed by atoms with Gasteiger partial charge in [-0.1, -0.05) is 65.9 Å². The van der Waals surface area contributed by atoms with E-state index in [9.17, 15) is 0 Å². The molecule has 5 heteroatoms. The maximum absolute atomic E-state index is 4.67. The van der Waals surface area contributed by atoms with Crippen molar-refractivity contribution in [3.63, 3.8) is 0 Å². The fraction of sp³-hybridized carbons (Fsp3) is 0.0500. The highest BCUT2D eigenvalue weighted by Crippen LogP contribution is 2.17. The van der Waals surface area contributed by atoms with Crippen LogP contribution in [0.4, 0.5) is 5.69 Å². The topological polar surface area (TPSA) is 46.3 Å². The fourth-order valence-electron chi connectivity index (χ4n) is 2.61. The van der Waals surface area contributed by atoms with Crippen LogP contribution in [0.15, 0.2) is 90.0 Å². The van der Waals surface area contributed by atoms with Crippen molar-refractivity contribution in [1.29, 1.82) is 0 Å². The summed E-state index contributed by atoms with van der Waals surface area (Å²) in [6.45, 7) is 0.480. The highest BCUT2D eigenvalue weighted by Gasteiger charge is 2.09. The van der Waals surface area contributed by atoms with Crippen molar-refractivity contribution in [2.45, 2.75) is 6.67 Å². The highest BCUT2D eigenvalue weighted by molar-refractivity contribution is 5.80. The molecule has 0 saturated carbocycles. The van der Waals surface area contributed by atoms with E-state index in [-0.39, 0.29) is 0 Å². The van der Waals surface area contributed by atoms with Gasteiger partial charge in [-0.05, 0) is 29.8 Å². The Kier molecular flexibility index (Phi) is 4.20. The molecule has 0 saturated heterocycles. The maximum Gasteiger partial charge on any atom is 0.136 e. The second-order valence-corrected chi connectivity index (χ2v) is 5.61. The summed E-state index contributed by atoms with van der Waals surface area (Å²) in [5.41, 5.74) is 3.90. The van der Waals surface area contributed by atoms with Gasteiger partial charge >= 0.3 is 0 Å². The van der Waals surface area contributed by atoms with Gasteiger partial charge in [0.05, 0.1) is 17.4 Å². The van der Waals surface area contributed by atoms with Crippen LogP contribution in [0.25, 0.3) is 11.0 Å². The van der Waals surface area contributed by atoms with Gasteiger partial charge in [0.25, 0.3) is 0 Å². The van der Waals surface area contributed by atoms with Crippen LogP contribution in [-0.4, -0.2) is 21.2 Å². The standard InChI is InChI=1S/C20H17N5/c1-3-9-17(10-4-1)15-21-24(18-11-5-2-6-12-18)16-25-20-14-8-7-13-19(20)22-23-25/h1-15H,16H2/b21-15-. The van der Waals surface area contributed by atoms with Gasteiger partial charge in [0.1, 0.15) is 12.2 Å². The molecule has 0 amide bonds. The van der Waals surface area contributed by atoms with E-state index in [1.165, 1.54) is 0 Å². The van der Waals surface area contributed by atoms with Crippen LogP contribution >= 0.6 is 0 Å². The highest BCUT2D eigenvalue weighted by atomic mass is 15.6. The molecule has 0 unspecified atom stereocenters. The first kappa shape index (κ1) is 15.1. The zero-order chi connectivity index (χ0) is 16.9. The van der Waals surface area contributed by atoms with Gasteiger partial charge < -0.3 is 0 Å². The van der Waals surface area contributed by atoms with E-state index in [4.69, 9.17) is 0 Å². The molecule has 4 aromatic rings. The van der Waals surface area contributed by atoms with Crippen molar-refractivity contribution < 1.29 is 0 Å². The number of aromatic nitrogens is 3. The zero-order valence-electron chi connectivity index (χ0n) is 13.6. The summed E-state index contributed by atoms with van der Waals surface area (Å²) < 4.78 is 1.85. The molecule has 0 aliphatic heterocycles. The number of hydrogen-bond acceptors (Lipinski definition) is 4. The van der Waals surface area contributed by atoms with E-state index in [1.54, 1.807) is 0 Å². The average Bonchev–Trinajstić information content (AvgIpc) is 3.09. The van der Waals surface area contributed by atoms with E-state index < -0.39 is 0 Å². The van der Waals surface area contributed by atoms with Crippen LogP contribution < -0.4 is 5.01 Å². The summed E-state index contributed by atoms with van der Waals surface area (Å²) in [7, 11) is 0. The maximum atomic E-state index is 4.67. The van der Waals surface area contributed by atoms with Crippen molar-refractivity contribution in [3.05, 3.63) is 90.5 Å². The molecule has 1 aromatic heterocycles. The number of hydrazone groups is 1. The van der Waals surface area contributed by atoms with Gasteiger partial charge in [-0.3, -0.25) is 0 Å². The third-order valence-electron chi connectivity index (χ3n) is 3.89. The van der Waals surface area contributed by atoms with Crippen molar-refractivity contribution in [3.8, 4) is 0 Å². The van der Waals surface area contributed by atoms with Gasteiger partial charge in [-0.2, -0.15) is 5.10 Å². The van der Waals surface area contributed by atoms with Gasteiger partial charge in [0.15, 0.2) is 0 Å². The fourth-order valence-corrected chi connectivity index (χ4v) is 2.61. The molecule has 0 fully saturated rings. The van der Waals surface area contributed by atoms with Crippen LogP contribution in [0, 0.1) is 0 Å². The number of anilines is 1. The molecule has 1 heterocycles. The number of hydrogen-bond donors (Lipinski definition) is 0. The minimum absolute atomic E-state index is 0.480. The number of fused-ring (bicyclic) bond motifs is 1. The van der Waals surface area contributed by atoms with Crippen LogP contribution in [0.5, 0.6) is 0 Å². The van der Waals surface area contributed by atoms with Gasteiger partial charge in [0, 0.05) is 0 Å². The average molecular weight is 327 g/mol. The molecule has 25 heavy (non-hydrogen) atoms. The lowest BCUT2D eigenvalue weighted by Crippen LogP contribution is -2.21. The van der Waals surface area contributed by atoms with Gasteiger partial charge in [-0.25, -0.2) is 9.69 Å². The largest absolute Gasteiger partial charge is 0.244 e. The van der Waals surface area contributed by atoms with E-state index in [1.807, 2.05) is 101 Å². The number of nitrogens with zero attached hydrogens (tertiary/aromatic N) is 5. The summed E-state index contributed by atoms with van der Waals surface area (Å²) in [5.74, 6) is 0. The molecule has 0 radical (unpaired) electrons. The predicted octanol–water partition coefficient (Wildman–Crippen LogP) is 3.93. The van der Waals surface area contributed by atoms with Crippen LogP contribution in [0.2, 0.25) is 0 Å². The molecule has 0 bridgehead atoms. The first-order valence-corrected chi connectivity index (χ1v) is 8.10. The molecular formula is C20H17N5. The third kappa shape index (κ3) is 3.40. The number of rotatable bonds is 5. The lowest BCUT2D eigenvalue weighted by atomic mass is 10.2. The molecule has 3 aromatic carbocycles. The monoisotopic (exact) mass is 327 g/mol. The first-order chi connectivity index (χ1) is 12.4. The van der Waals surface area contributed by atoms with Crippen molar-refractivity contribution in [2.24, 2.45) is 5.10 Å². The van der Waals surface area contributed by atoms with E-state index in [0.717, 1.165) is 22.3 Å². The Morgan fingerprint density at radius 1 is 0.840 bits per heavy atom. The minimum atomic E-state index is 0.480. The van der Waals surface area contributed by atoms with Crippen LogP contribution in [0.3, 0.4) is 0 Å². The molecule has 0 spiro atoms. The quantitative estimate of drug-likeness (QED) is 0.412. The SMILES string of the molecule is C(=N/N(Cn1nnc2ccccc21)c1ccccc1)/c1ccccc1. The third-order valence-corrected chi connectivity index (χ3v) is 3.89. The second-order valence-electron chi connectivity index (χ2n) is 5.61. The molecule has 122 valence electrons. The Balaban J connectivity index is 1.67. The molecule has 0 aliphatic carbocycles. The summed E-state index contributed by atoms with van der Waals surface area (Å²) in [5, 5.41) is 15.1. The molecular weight excluding hydrogens is 310 g/mol. The molecule has 0 aliphatic rings. The van der Waals surface area contributed by atoms with E-state index in [0.29, 0.717) is 6.67 Å².